The van der Waals surface area contributed by atoms with E-state index in [2.05, 4.69) is 4.74 Å². The summed E-state index contributed by atoms with van der Waals surface area (Å²) < 4.78 is 29.2. The molecule has 2 aromatic rings. The molecule has 0 aliphatic carbocycles. The summed E-state index contributed by atoms with van der Waals surface area (Å²) in [5.41, 5.74) is 6.96. The van der Waals surface area contributed by atoms with Gasteiger partial charge in [0.25, 0.3) is 0 Å². The van der Waals surface area contributed by atoms with E-state index in [9.17, 15) is 8.78 Å². The molecule has 21 heavy (non-hydrogen) atoms. The molecule has 2 aromatic carbocycles. The standard InChI is InChI=1S/C14H11Cl2F2NOS/c15-9-1-3-12(20-14(17)18)8(5-9)7-21-13-4-2-10(16)6-11(13)19/h1-6,14H,7,19H2. The third-order valence-corrected chi connectivity index (χ3v) is 4.20. The van der Waals surface area contributed by atoms with E-state index in [0.717, 1.165) is 4.90 Å². The fraction of sp³-hybridized carbons (Fsp3) is 0.143. The van der Waals surface area contributed by atoms with Crippen molar-refractivity contribution in [3.63, 3.8) is 0 Å². The van der Waals surface area contributed by atoms with Crippen molar-refractivity contribution >= 4 is 40.7 Å². The van der Waals surface area contributed by atoms with Gasteiger partial charge in [0, 0.05) is 31.9 Å². The van der Waals surface area contributed by atoms with Gasteiger partial charge >= 0.3 is 6.61 Å². The summed E-state index contributed by atoms with van der Waals surface area (Å²) in [5, 5.41) is 0.998. The maximum Gasteiger partial charge on any atom is 0.387 e. The van der Waals surface area contributed by atoms with Gasteiger partial charge in [0.15, 0.2) is 0 Å². The zero-order valence-corrected chi connectivity index (χ0v) is 13.0. The fourth-order valence-electron chi connectivity index (χ4n) is 1.68. The molecule has 0 spiro atoms. The van der Waals surface area contributed by atoms with E-state index in [4.69, 9.17) is 28.9 Å². The first-order chi connectivity index (χ1) is 9.95. The zero-order valence-electron chi connectivity index (χ0n) is 10.7. The highest BCUT2D eigenvalue weighted by molar-refractivity contribution is 7.98. The summed E-state index contributed by atoms with van der Waals surface area (Å²) in [5.74, 6) is 0.503. The monoisotopic (exact) mass is 349 g/mol. The molecule has 0 unspecified atom stereocenters. The molecule has 2 rings (SSSR count). The molecule has 0 saturated heterocycles. The second-order valence-corrected chi connectivity index (χ2v) is 5.99. The number of thioether (sulfide) groups is 1. The third kappa shape index (κ3) is 4.66. The number of hydrogen-bond donors (Lipinski definition) is 1. The molecule has 0 amide bonds. The van der Waals surface area contributed by atoms with Crippen molar-refractivity contribution in [3.05, 3.63) is 52.0 Å². The summed E-state index contributed by atoms with van der Waals surface area (Å²) in [6.07, 6.45) is 0. The molecule has 2 N–H and O–H groups in total. The molecule has 0 bridgehead atoms. The van der Waals surface area contributed by atoms with Crippen LogP contribution in [-0.2, 0) is 5.75 Å². The highest BCUT2D eigenvalue weighted by Crippen LogP contribution is 2.34. The van der Waals surface area contributed by atoms with Crippen LogP contribution in [0, 0.1) is 0 Å². The molecule has 112 valence electrons. The van der Waals surface area contributed by atoms with Gasteiger partial charge in [0.2, 0.25) is 0 Å². The van der Waals surface area contributed by atoms with E-state index >= 15 is 0 Å². The van der Waals surface area contributed by atoms with E-state index in [0.29, 0.717) is 27.0 Å². The molecule has 0 aliphatic heterocycles. The van der Waals surface area contributed by atoms with Crippen molar-refractivity contribution in [2.45, 2.75) is 17.3 Å². The first-order valence-corrected chi connectivity index (χ1v) is 7.61. The van der Waals surface area contributed by atoms with Crippen molar-refractivity contribution in [2.24, 2.45) is 0 Å². The second-order valence-electron chi connectivity index (χ2n) is 4.10. The number of rotatable bonds is 5. The Morgan fingerprint density at radius 1 is 1.10 bits per heavy atom. The lowest BCUT2D eigenvalue weighted by Crippen LogP contribution is -2.04. The topological polar surface area (TPSA) is 35.2 Å². The number of nitrogen functional groups attached to an aromatic ring is 1. The first kappa shape index (κ1) is 16.2. The Morgan fingerprint density at radius 3 is 2.43 bits per heavy atom. The summed E-state index contributed by atoms with van der Waals surface area (Å²) in [7, 11) is 0. The number of halogens is 4. The van der Waals surface area contributed by atoms with Gasteiger partial charge in [0.1, 0.15) is 5.75 Å². The molecule has 7 heteroatoms. The Balaban J connectivity index is 2.16. The Hall–Kier alpha value is -1.17. The van der Waals surface area contributed by atoms with Crippen molar-refractivity contribution in [3.8, 4) is 5.75 Å². The largest absolute Gasteiger partial charge is 0.435 e. The Morgan fingerprint density at radius 2 is 1.76 bits per heavy atom. The molecule has 0 saturated carbocycles. The number of anilines is 1. The third-order valence-electron chi connectivity index (χ3n) is 2.59. The van der Waals surface area contributed by atoms with Crippen molar-refractivity contribution in [1.82, 2.24) is 0 Å². The van der Waals surface area contributed by atoms with E-state index in [-0.39, 0.29) is 5.75 Å². The molecule has 0 heterocycles. The summed E-state index contributed by atoms with van der Waals surface area (Å²) in [6.45, 7) is -2.88. The Bertz CT molecular complexity index is 640. The van der Waals surface area contributed by atoms with Crippen molar-refractivity contribution < 1.29 is 13.5 Å². The minimum absolute atomic E-state index is 0.106. The maximum atomic E-state index is 12.4. The Labute approximate surface area is 135 Å². The minimum Gasteiger partial charge on any atom is -0.435 e. The van der Waals surface area contributed by atoms with Gasteiger partial charge in [-0.05, 0) is 36.4 Å². The molecule has 0 aliphatic rings. The SMILES string of the molecule is Nc1cc(Cl)ccc1SCc1cc(Cl)ccc1OC(F)F. The van der Waals surface area contributed by atoms with E-state index in [1.54, 1.807) is 24.3 Å². The van der Waals surface area contributed by atoms with Crippen molar-refractivity contribution in [1.29, 1.82) is 0 Å². The van der Waals surface area contributed by atoms with Gasteiger partial charge in [-0.3, -0.25) is 0 Å². The lowest BCUT2D eigenvalue weighted by Gasteiger charge is -2.12. The van der Waals surface area contributed by atoms with Gasteiger partial charge in [-0.15, -0.1) is 11.8 Å². The summed E-state index contributed by atoms with van der Waals surface area (Å²) in [6, 6.07) is 9.66. The predicted octanol–water partition coefficient (Wildman–Crippen LogP) is 5.47. The van der Waals surface area contributed by atoms with E-state index < -0.39 is 6.61 Å². The molecule has 0 atom stereocenters. The number of nitrogens with two attached hydrogens (primary N) is 1. The highest BCUT2D eigenvalue weighted by Gasteiger charge is 2.11. The predicted molar refractivity (Wildman–Crippen MR) is 83.5 cm³/mol. The van der Waals surface area contributed by atoms with Gasteiger partial charge in [0.05, 0.1) is 0 Å². The number of ether oxygens (including phenoxy) is 1. The van der Waals surface area contributed by atoms with E-state index in [1.807, 2.05) is 0 Å². The minimum atomic E-state index is -2.88. The van der Waals surface area contributed by atoms with Crippen LogP contribution in [0.25, 0.3) is 0 Å². The van der Waals surface area contributed by atoms with Gasteiger partial charge in [-0.2, -0.15) is 8.78 Å². The van der Waals surface area contributed by atoms with Crippen LogP contribution < -0.4 is 10.5 Å². The lowest BCUT2D eigenvalue weighted by molar-refractivity contribution is -0.0503. The normalized spacial score (nSPS) is 10.9. The second kappa shape index (κ2) is 7.20. The van der Waals surface area contributed by atoms with Gasteiger partial charge < -0.3 is 10.5 Å². The smallest absolute Gasteiger partial charge is 0.387 e. The maximum absolute atomic E-state index is 12.4. The van der Waals surface area contributed by atoms with Crippen LogP contribution in [-0.4, -0.2) is 6.61 Å². The molecule has 2 nitrogen and oxygen atoms in total. The molecular formula is C14H11Cl2F2NOS. The number of alkyl halides is 2. The highest BCUT2D eigenvalue weighted by atomic mass is 35.5. The van der Waals surface area contributed by atoms with Crippen LogP contribution in [0.4, 0.5) is 14.5 Å². The Kier molecular flexibility index (Phi) is 5.56. The fourth-order valence-corrected chi connectivity index (χ4v) is 2.98. The van der Waals surface area contributed by atoms with Crippen molar-refractivity contribution in [2.75, 3.05) is 5.73 Å². The quantitative estimate of drug-likeness (QED) is 0.574. The summed E-state index contributed by atoms with van der Waals surface area (Å²) in [4.78, 5) is 0.808. The van der Waals surface area contributed by atoms with Crippen LogP contribution in [0.15, 0.2) is 41.3 Å². The van der Waals surface area contributed by atoms with Crippen LogP contribution in [0.5, 0.6) is 5.75 Å². The average molecular weight is 350 g/mol. The van der Waals surface area contributed by atoms with Crippen LogP contribution in [0.3, 0.4) is 0 Å². The van der Waals surface area contributed by atoms with Crippen LogP contribution in [0.2, 0.25) is 10.0 Å². The van der Waals surface area contributed by atoms with Gasteiger partial charge in [-0.25, -0.2) is 0 Å². The molecule has 0 radical (unpaired) electrons. The van der Waals surface area contributed by atoms with Gasteiger partial charge in [-0.1, -0.05) is 23.2 Å². The van der Waals surface area contributed by atoms with Crippen LogP contribution >= 0.6 is 35.0 Å². The average Bonchev–Trinajstić information content (AvgIpc) is 2.40. The summed E-state index contributed by atoms with van der Waals surface area (Å²) >= 11 is 13.1. The number of hydrogen-bond acceptors (Lipinski definition) is 3. The van der Waals surface area contributed by atoms with E-state index in [1.165, 1.54) is 23.9 Å². The molecule has 0 aromatic heterocycles. The molecular weight excluding hydrogens is 339 g/mol. The first-order valence-electron chi connectivity index (χ1n) is 5.87. The van der Waals surface area contributed by atoms with Crippen LogP contribution in [0.1, 0.15) is 5.56 Å². The lowest BCUT2D eigenvalue weighted by atomic mass is 10.2. The molecule has 0 fully saturated rings. The number of benzene rings is 2. The zero-order chi connectivity index (χ0) is 15.4.